The summed E-state index contributed by atoms with van der Waals surface area (Å²) in [6.45, 7) is 0.467. The Kier molecular flexibility index (Phi) is 5.66. The van der Waals surface area contributed by atoms with Crippen molar-refractivity contribution < 1.29 is 9.59 Å². The first-order valence-electron chi connectivity index (χ1n) is 8.11. The van der Waals surface area contributed by atoms with Gasteiger partial charge >= 0.3 is 0 Å². The SMILES string of the molecule is O=C(NCc1ccccc1)c1ccc(NC(=O)c2ccc(Cl)cc2)cc1. The maximum atomic E-state index is 12.2. The summed E-state index contributed by atoms with van der Waals surface area (Å²) < 4.78 is 0. The summed E-state index contributed by atoms with van der Waals surface area (Å²) in [5, 5.41) is 6.23. The fourth-order valence-corrected chi connectivity index (χ4v) is 2.52. The van der Waals surface area contributed by atoms with Crippen LogP contribution in [0.1, 0.15) is 26.3 Å². The van der Waals surface area contributed by atoms with Crippen LogP contribution in [-0.4, -0.2) is 11.8 Å². The molecule has 0 saturated heterocycles. The molecule has 4 nitrogen and oxygen atoms in total. The van der Waals surface area contributed by atoms with Gasteiger partial charge in [-0.05, 0) is 54.1 Å². The van der Waals surface area contributed by atoms with E-state index in [0.29, 0.717) is 28.4 Å². The van der Waals surface area contributed by atoms with Gasteiger partial charge in [0.15, 0.2) is 0 Å². The lowest BCUT2D eigenvalue weighted by molar-refractivity contribution is 0.0950. The van der Waals surface area contributed by atoms with Gasteiger partial charge in [0.2, 0.25) is 0 Å². The molecule has 5 heteroatoms. The highest BCUT2D eigenvalue weighted by molar-refractivity contribution is 6.30. The van der Waals surface area contributed by atoms with Crippen molar-refractivity contribution in [3.63, 3.8) is 0 Å². The Morgan fingerprint density at radius 2 is 1.31 bits per heavy atom. The lowest BCUT2D eigenvalue weighted by Gasteiger charge is -2.08. The average Bonchev–Trinajstić information content (AvgIpc) is 2.68. The number of hydrogen-bond acceptors (Lipinski definition) is 2. The Hall–Kier alpha value is -3.11. The molecular weight excluding hydrogens is 348 g/mol. The van der Waals surface area contributed by atoms with Gasteiger partial charge in [-0.15, -0.1) is 0 Å². The standard InChI is InChI=1S/C21H17ClN2O2/c22-18-10-6-17(7-11-18)21(26)24-19-12-8-16(9-13-19)20(25)23-14-15-4-2-1-3-5-15/h1-13H,14H2,(H,23,25)(H,24,26). The Labute approximate surface area is 156 Å². The number of amides is 2. The molecular formula is C21H17ClN2O2. The number of rotatable bonds is 5. The van der Waals surface area contributed by atoms with Crippen LogP contribution in [0.15, 0.2) is 78.9 Å². The number of benzene rings is 3. The fourth-order valence-electron chi connectivity index (χ4n) is 2.39. The zero-order chi connectivity index (χ0) is 18.4. The second kappa shape index (κ2) is 8.32. The average molecular weight is 365 g/mol. The topological polar surface area (TPSA) is 58.2 Å². The first-order chi connectivity index (χ1) is 12.6. The maximum Gasteiger partial charge on any atom is 0.255 e. The Balaban J connectivity index is 1.58. The second-order valence-electron chi connectivity index (χ2n) is 5.71. The van der Waals surface area contributed by atoms with Gasteiger partial charge in [0.05, 0.1) is 0 Å². The van der Waals surface area contributed by atoms with Gasteiger partial charge in [-0.3, -0.25) is 9.59 Å². The normalized spacial score (nSPS) is 10.2. The van der Waals surface area contributed by atoms with Crippen LogP contribution in [0, 0.1) is 0 Å². The van der Waals surface area contributed by atoms with Crippen molar-refractivity contribution in [3.05, 3.63) is 101 Å². The molecule has 130 valence electrons. The highest BCUT2D eigenvalue weighted by Gasteiger charge is 2.08. The molecule has 0 unspecified atom stereocenters. The molecule has 0 atom stereocenters. The molecule has 0 aliphatic heterocycles. The molecule has 0 saturated carbocycles. The van der Waals surface area contributed by atoms with E-state index < -0.39 is 0 Å². The van der Waals surface area contributed by atoms with E-state index >= 15 is 0 Å². The molecule has 0 fully saturated rings. The van der Waals surface area contributed by atoms with Crippen LogP contribution in [0.5, 0.6) is 0 Å². The molecule has 2 N–H and O–H groups in total. The van der Waals surface area contributed by atoms with Crippen molar-refractivity contribution in [2.45, 2.75) is 6.54 Å². The van der Waals surface area contributed by atoms with Crippen molar-refractivity contribution in [3.8, 4) is 0 Å². The minimum atomic E-state index is -0.233. The van der Waals surface area contributed by atoms with E-state index in [1.807, 2.05) is 30.3 Å². The molecule has 0 radical (unpaired) electrons. The summed E-state index contributed by atoms with van der Waals surface area (Å²) in [4.78, 5) is 24.4. The summed E-state index contributed by atoms with van der Waals surface area (Å²) >= 11 is 5.82. The van der Waals surface area contributed by atoms with E-state index in [-0.39, 0.29) is 11.8 Å². The number of anilines is 1. The van der Waals surface area contributed by atoms with Crippen LogP contribution < -0.4 is 10.6 Å². The van der Waals surface area contributed by atoms with Gasteiger partial charge in [0, 0.05) is 28.4 Å². The monoisotopic (exact) mass is 364 g/mol. The van der Waals surface area contributed by atoms with Gasteiger partial charge in [0.1, 0.15) is 0 Å². The highest BCUT2D eigenvalue weighted by Crippen LogP contribution is 2.14. The third-order valence-electron chi connectivity index (χ3n) is 3.81. The molecule has 0 aliphatic carbocycles. The molecule has 0 spiro atoms. The molecule has 2 amide bonds. The highest BCUT2D eigenvalue weighted by atomic mass is 35.5. The van der Waals surface area contributed by atoms with Crippen LogP contribution in [0.2, 0.25) is 5.02 Å². The van der Waals surface area contributed by atoms with Gasteiger partial charge in [0.25, 0.3) is 11.8 Å². The molecule has 0 aliphatic rings. The molecule has 0 bridgehead atoms. The fraction of sp³-hybridized carbons (Fsp3) is 0.0476. The summed E-state index contributed by atoms with van der Waals surface area (Å²) in [6, 6.07) is 23.1. The van der Waals surface area contributed by atoms with E-state index in [9.17, 15) is 9.59 Å². The minimum absolute atomic E-state index is 0.163. The minimum Gasteiger partial charge on any atom is -0.348 e. The molecule has 3 aromatic carbocycles. The zero-order valence-electron chi connectivity index (χ0n) is 13.9. The molecule has 0 aromatic heterocycles. The first-order valence-corrected chi connectivity index (χ1v) is 8.49. The van der Waals surface area contributed by atoms with Crippen LogP contribution in [-0.2, 0) is 6.54 Å². The lowest BCUT2D eigenvalue weighted by atomic mass is 10.1. The molecule has 3 rings (SSSR count). The van der Waals surface area contributed by atoms with E-state index in [2.05, 4.69) is 10.6 Å². The summed E-state index contributed by atoms with van der Waals surface area (Å²) in [6.07, 6.45) is 0. The Morgan fingerprint density at radius 1 is 0.731 bits per heavy atom. The summed E-state index contributed by atoms with van der Waals surface area (Å²) in [5.41, 5.74) is 2.70. The number of carbonyl (C=O) groups excluding carboxylic acids is 2. The lowest BCUT2D eigenvalue weighted by Crippen LogP contribution is -2.22. The molecule has 0 heterocycles. The van der Waals surface area contributed by atoms with Crippen molar-refractivity contribution in [2.24, 2.45) is 0 Å². The number of hydrogen-bond donors (Lipinski definition) is 2. The van der Waals surface area contributed by atoms with Crippen molar-refractivity contribution >= 4 is 29.1 Å². The van der Waals surface area contributed by atoms with Gasteiger partial charge in [-0.2, -0.15) is 0 Å². The van der Waals surface area contributed by atoms with E-state index in [1.54, 1.807) is 48.5 Å². The van der Waals surface area contributed by atoms with Crippen molar-refractivity contribution in [1.82, 2.24) is 5.32 Å². The first kappa shape index (κ1) is 17.7. The van der Waals surface area contributed by atoms with Gasteiger partial charge < -0.3 is 10.6 Å². The smallest absolute Gasteiger partial charge is 0.255 e. The summed E-state index contributed by atoms with van der Waals surface area (Å²) in [5.74, 6) is -0.396. The quantitative estimate of drug-likeness (QED) is 0.699. The van der Waals surface area contributed by atoms with E-state index in [4.69, 9.17) is 11.6 Å². The maximum absolute atomic E-state index is 12.2. The Morgan fingerprint density at radius 3 is 1.96 bits per heavy atom. The van der Waals surface area contributed by atoms with Gasteiger partial charge in [-0.25, -0.2) is 0 Å². The van der Waals surface area contributed by atoms with Crippen molar-refractivity contribution in [2.75, 3.05) is 5.32 Å². The molecule has 26 heavy (non-hydrogen) atoms. The van der Waals surface area contributed by atoms with Crippen LogP contribution in [0.4, 0.5) is 5.69 Å². The number of nitrogens with one attached hydrogen (secondary N) is 2. The third-order valence-corrected chi connectivity index (χ3v) is 4.06. The molecule has 3 aromatic rings. The number of carbonyl (C=O) groups is 2. The van der Waals surface area contributed by atoms with E-state index in [0.717, 1.165) is 5.56 Å². The van der Waals surface area contributed by atoms with Crippen molar-refractivity contribution in [1.29, 1.82) is 0 Å². The second-order valence-corrected chi connectivity index (χ2v) is 6.14. The van der Waals surface area contributed by atoms with Crippen LogP contribution in [0.3, 0.4) is 0 Å². The Bertz CT molecular complexity index is 892. The third kappa shape index (κ3) is 4.71. The zero-order valence-corrected chi connectivity index (χ0v) is 14.7. The number of halogens is 1. The predicted molar refractivity (Wildman–Crippen MR) is 103 cm³/mol. The van der Waals surface area contributed by atoms with E-state index in [1.165, 1.54) is 0 Å². The largest absolute Gasteiger partial charge is 0.348 e. The van der Waals surface area contributed by atoms with Crippen LogP contribution in [0.25, 0.3) is 0 Å². The van der Waals surface area contributed by atoms with Crippen LogP contribution >= 0.6 is 11.6 Å². The summed E-state index contributed by atoms with van der Waals surface area (Å²) in [7, 11) is 0. The predicted octanol–water partition coefficient (Wildman–Crippen LogP) is 4.52. The van der Waals surface area contributed by atoms with Gasteiger partial charge in [-0.1, -0.05) is 41.9 Å².